The van der Waals surface area contributed by atoms with Crippen molar-refractivity contribution in [3.63, 3.8) is 0 Å². The minimum absolute atomic E-state index is 0.258. The maximum absolute atomic E-state index is 13.6. The first kappa shape index (κ1) is 13.6. The molecule has 2 nitrogen and oxygen atoms in total. The summed E-state index contributed by atoms with van der Waals surface area (Å²) in [6.07, 6.45) is 0. The third-order valence-corrected chi connectivity index (χ3v) is 3.19. The summed E-state index contributed by atoms with van der Waals surface area (Å²) in [7, 11) is 0. The summed E-state index contributed by atoms with van der Waals surface area (Å²) in [5, 5.41) is 0.438. The molecular weight excluding hydrogens is 265 g/mol. The van der Waals surface area contributed by atoms with Crippen molar-refractivity contribution in [1.29, 1.82) is 0 Å². The van der Waals surface area contributed by atoms with Crippen molar-refractivity contribution in [1.82, 2.24) is 0 Å². The number of halogens is 2. The van der Waals surface area contributed by atoms with Crippen molar-refractivity contribution >= 4 is 23.1 Å². The summed E-state index contributed by atoms with van der Waals surface area (Å²) in [6, 6.07) is 7.76. The topological polar surface area (TPSA) is 43.1 Å². The molecule has 0 aromatic heterocycles. The lowest BCUT2D eigenvalue weighted by Gasteiger charge is -2.08. The monoisotopic (exact) mass is 277 g/mol. The molecule has 2 aromatic rings. The molecule has 0 aliphatic rings. The second-order valence-electron chi connectivity index (χ2n) is 4.48. The van der Waals surface area contributed by atoms with E-state index in [4.69, 9.17) is 17.3 Å². The Bertz CT molecular complexity index is 644. The Hall–Kier alpha value is -1.87. The lowest BCUT2D eigenvalue weighted by Crippen LogP contribution is -2.07. The Kier molecular flexibility index (Phi) is 3.58. The van der Waals surface area contributed by atoms with Crippen LogP contribution >= 0.6 is 11.6 Å². The molecule has 0 bridgehead atoms. The minimum Gasteiger partial charge on any atom is -0.398 e. The Morgan fingerprint density at radius 2 is 1.74 bits per heavy atom. The van der Waals surface area contributed by atoms with Crippen molar-refractivity contribution in [2.24, 2.45) is 0 Å². The van der Waals surface area contributed by atoms with Gasteiger partial charge in [0.05, 0.1) is 0 Å². The van der Waals surface area contributed by atoms with Gasteiger partial charge in [0.15, 0.2) is 5.78 Å². The van der Waals surface area contributed by atoms with Crippen LogP contribution in [0.5, 0.6) is 0 Å². The molecule has 0 atom stereocenters. The van der Waals surface area contributed by atoms with E-state index in [-0.39, 0.29) is 11.6 Å². The molecule has 0 radical (unpaired) electrons. The molecule has 2 N–H and O–H groups in total. The number of aryl methyl sites for hydroxylation is 2. The molecule has 0 amide bonds. The standard InChI is InChI=1S/C15H13ClFNO/c1-8-5-10(6-9(2)14(8)17)15(19)12-7-11(16)3-4-13(12)18/h3-7H,18H2,1-2H3. The molecule has 0 fully saturated rings. The van der Waals surface area contributed by atoms with Gasteiger partial charge >= 0.3 is 0 Å². The number of anilines is 1. The predicted molar refractivity (Wildman–Crippen MR) is 75.2 cm³/mol. The molecule has 0 unspecified atom stereocenters. The van der Waals surface area contributed by atoms with Gasteiger partial charge in [-0.2, -0.15) is 0 Å². The zero-order valence-electron chi connectivity index (χ0n) is 10.6. The van der Waals surface area contributed by atoms with E-state index < -0.39 is 0 Å². The fraction of sp³-hybridized carbons (Fsp3) is 0.133. The summed E-state index contributed by atoms with van der Waals surface area (Å²) in [5.74, 6) is -0.554. The van der Waals surface area contributed by atoms with E-state index in [2.05, 4.69) is 0 Å². The number of carbonyl (C=O) groups excluding carboxylic acids is 1. The Morgan fingerprint density at radius 1 is 1.16 bits per heavy atom. The summed E-state index contributed by atoms with van der Waals surface area (Å²) < 4.78 is 13.6. The van der Waals surface area contributed by atoms with E-state index in [1.54, 1.807) is 26.0 Å². The highest BCUT2D eigenvalue weighted by atomic mass is 35.5. The second kappa shape index (κ2) is 5.02. The van der Waals surface area contributed by atoms with E-state index >= 15 is 0 Å². The fourth-order valence-electron chi connectivity index (χ4n) is 1.96. The Morgan fingerprint density at radius 3 is 2.32 bits per heavy atom. The summed E-state index contributed by atoms with van der Waals surface area (Å²) in [4.78, 5) is 12.4. The summed E-state index contributed by atoms with van der Waals surface area (Å²) >= 11 is 5.87. The lowest BCUT2D eigenvalue weighted by atomic mass is 9.98. The van der Waals surface area contributed by atoms with Gasteiger partial charge in [0.1, 0.15) is 5.82 Å². The van der Waals surface area contributed by atoms with Crippen molar-refractivity contribution < 1.29 is 9.18 Å². The van der Waals surface area contributed by atoms with Crippen LogP contribution in [0.3, 0.4) is 0 Å². The normalized spacial score (nSPS) is 10.5. The molecule has 19 heavy (non-hydrogen) atoms. The van der Waals surface area contributed by atoms with E-state index in [9.17, 15) is 9.18 Å². The zero-order valence-corrected chi connectivity index (χ0v) is 11.4. The van der Waals surface area contributed by atoms with Crippen LogP contribution in [0.25, 0.3) is 0 Å². The third kappa shape index (κ3) is 2.61. The van der Waals surface area contributed by atoms with Crippen molar-refractivity contribution in [2.75, 3.05) is 5.73 Å². The molecule has 2 aromatic carbocycles. The second-order valence-corrected chi connectivity index (χ2v) is 4.92. The van der Waals surface area contributed by atoms with Crippen LogP contribution in [0.2, 0.25) is 5.02 Å². The average Bonchev–Trinajstić information content (AvgIpc) is 2.37. The first-order valence-electron chi connectivity index (χ1n) is 5.76. The smallest absolute Gasteiger partial charge is 0.195 e. The molecule has 0 aliphatic carbocycles. The number of nitrogens with two attached hydrogens (primary N) is 1. The van der Waals surface area contributed by atoms with Crippen LogP contribution in [0.4, 0.5) is 10.1 Å². The van der Waals surface area contributed by atoms with Gasteiger partial charge in [0, 0.05) is 21.8 Å². The van der Waals surface area contributed by atoms with Gasteiger partial charge in [-0.3, -0.25) is 4.79 Å². The van der Waals surface area contributed by atoms with Gasteiger partial charge in [-0.05, 0) is 55.3 Å². The quantitative estimate of drug-likeness (QED) is 0.668. The Labute approximate surface area is 116 Å². The average molecular weight is 278 g/mol. The molecule has 0 saturated heterocycles. The highest BCUT2D eigenvalue weighted by Gasteiger charge is 2.15. The van der Waals surface area contributed by atoms with Gasteiger partial charge in [-0.15, -0.1) is 0 Å². The number of benzene rings is 2. The highest BCUT2D eigenvalue weighted by Crippen LogP contribution is 2.23. The van der Waals surface area contributed by atoms with Gasteiger partial charge < -0.3 is 5.73 Å². The van der Waals surface area contributed by atoms with Crippen LogP contribution in [-0.2, 0) is 0 Å². The van der Waals surface area contributed by atoms with Crippen molar-refractivity contribution in [3.05, 3.63) is 63.4 Å². The van der Waals surface area contributed by atoms with E-state index in [0.717, 1.165) is 0 Å². The SMILES string of the molecule is Cc1cc(C(=O)c2cc(Cl)ccc2N)cc(C)c1F. The number of ketones is 1. The number of rotatable bonds is 2. The summed E-state index contributed by atoms with van der Waals surface area (Å²) in [5.41, 5.74) is 7.74. The largest absolute Gasteiger partial charge is 0.398 e. The molecule has 4 heteroatoms. The Balaban J connectivity index is 2.53. The van der Waals surface area contributed by atoms with Crippen molar-refractivity contribution in [3.8, 4) is 0 Å². The van der Waals surface area contributed by atoms with Crippen LogP contribution in [0, 0.1) is 19.7 Å². The molecule has 98 valence electrons. The zero-order chi connectivity index (χ0) is 14.2. The first-order valence-corrected chi connectivity index (χ1v) is 6.14. The van der Waals surface area contributed by atoms with Gasteiger partial charge in [-0.1, -0.05) is 11.6 Å². The van der Waals surface area contributed by atoms with Crippen LogP contribution in [-0.4, -0.2) is 5.78 Å². The van der Waals surface area contributed by atoms with Crippen molar-refractivity contribution in [2.45, 2.75) is 13.8 Å². The van der Waals surface area contributed by atoms with Crippen LogP contribution < -0.4 is 5.73 Å². The minimum atomic E-state index is -0.296. The highest BCUT2D eigenvalue weighted by molar-refractivity contribution is 6.31. The maximum Gasteiger partial charge on any atom is 0.195 e. The number of hydrogen-bond acceptors (Lipinski definition) is 2. The fourth-order valence-corrected chi connectivity index (χ4v) is 2.13. The maximum atomic E-state index is 13.6. The number of nitrogen functional groups attached to an aromatic ring is 1. The van der Waals surface area contributed by atoms with Crippen LogP contribution in [0.15, 0.2) is 30.3 Å². The lowest BCUT2D eigenvalue weighted by molar-refractivity contribution is 0.103. The number of hydrogen-bond donors (Lipinski definition) is 1. The molecule has 0 heterocycles. The third-order valence-electron chi connectivity index (χ3n) is 2.96. The molecule has 2 rings (SSSR count). The first-order chi connectivity index (χ1) is 8.90. The van der Waals surface area contributed by atoms with E-state index in [0.29, 0.717) is 33.0 Å². The van der Waals surface area contributed by atoms with Gasteiger partial charge in [-0.25, -0.2) is 4.39 Å². The number of carbonyl (C=O) groups is 1. The molecular formula is C15H13ClFNO. The molecule has 0 aliphatic heterocycles. The van der Waals surface area contributed by atoms with Gasteiger partial charge in [0.2, 0.25) is 0 Å². The van der Waals surface area contributed by atoms with E-state index in [1.165, 1.54) is 18.2 Å². The van der Waals surface area contributed by atoms with E-state index in [1.807, 2.05) is 0 Å². The van der Waals surface area contributed by atoms with Crippen LogP contribution in [0.1, 0.15) is 27.0 Å². The molecule has 0 spiro atoms. The van der Waals surface area contributed by atoms with Gasteiger partial charge in [0.25, 0.3) is 0 Å². The predicted octanol–water partition coefficient (Wildman–Crippen LogP) is 3.91. The summed E-state index contributed by atoms with van der Waals surface area (Å²) in [6.45, 7) is 3.25. The molecule has 0 saturated carbocycles.